The van der Waals surface area contributed by atoms with Gasteiger partial charge in [0.15, 0.2) is 5.82 Å². The standard InChI is InChI=1S/C16H22F2N2O/c1-11-6-7-12(17)15(14(11)18)20-13(21)10-16(19-2)8-4-3-5-9-16/h6-7,19H,3-5,8-10H2,1-2H3,(H,20,21). The van der Waals surface area contributed by atoms with Crippen LogP contribution < -0.4 is 10.6 Å². The average Bonchev–Trinajstić information content (AvgIpc) is 2.48. The molecule has 116 valence electrons. The zero-order valence-corrected chi connectivity index (χ0v) is 12.6. The second-order valence-electron chi connectivity index (χ2n) is 5.87. The molecule has 0 saturated heterocycles. The number of aryl methyl sites for hydroxylation is 1. The van der Waals surface area contributed by atoms with Gasteiger partial charge in [-0.25, -0.2) is 8.78 Å². The molecular weight excluding hydrogens is 274 g/mol. The van der Waals surface area contributed by atoms with Crippen LogP contribution in [0.2, 0.25) is 0 Å². The van der Waals surface area contributed by atoms with Crippen molar-refractivity contribution in [2.24, 2.45) is 0 Å². The maximum atomic E-state index is 13.9. The molecule has 0 aromatic heterocycles. The van der Waals surface area contributed by atoms with Crippen LogP contribution in [0.5, 0.6) is 0 Å². The van der Waals surface area contributed by atoms with Crippen molar-refractivity contribution in [2.75, 3.05) is 12.4 Å². The van der Waals surface area contributed by atoms with Crippen molar-refractivity contribution >= 4 is 11.6 Å². The third kappa shape index (κ3) is 3.59. The Morgan fingerprint density at radius 1 is 1.24 bits per heavy atom. The number of rotatable bonds is 4. The number of benzene rings is 1. The number of carbonyl (C=O) groups is 1. The summed E-state index contributed by atoms with van der Waals surface area (Å²) < 4.78 is 27.6. The fourth-order valence-electron chi connectivity index (χ4n) is 3.01. The largest absolute Gasteiger partial charge is 0.321 e. The van der Waals surface area contributed by atoms with Crippen molar-refractivity contribution in [1.29, 1.82) is 0 Å². The van der Waals surface area contributed by atoms with E-state index in [-0.39, 0.29) is 23.6 Å². The van der Waals surface area contributed by atoms with Crippen LogP contribution in [0.3, 0.4) is 0 Å². The predicted octanol–water partition coefficient (Wildman–Crippen LogP) is 3.52. The van der Waals surface area contributed by atoms with E-state index >= 15 is 0 Å². The van der Waals surface area contributed by atoms with Gasteiger partial charge < -0.3 is 10.6 Å². The molecule has 1 aliphatic carbocycles. The van der Waals surface area contributed by atoms with E-state index in [2.05, 4.69) is 10.6 Å². The Bertz CT molecular complexity index is 525. The van der Waals surface area contributed by atoms with Gasteiger partial charge in [-0.1, -0.05) is 25.3 Å². The zero-order chi connectivity index (χ0) is 15.5. The first kappa shape index (κ1) is 15.9. The first-order chi connectivity index (χ1) is 9.97. The van der Waals surface area contributed by atoms with Crippen molar-refractivity contribution in [3.63, 3.8) is 0 Å². The van der Waals surface area contributed by atoms with Gasteiger partial charge in [0.25, 0.3) is 0 Å². The van der Waals surface area contributed by atoms with E-state index < -0.39 is 11.6 Å². The Hall–Kier alpha value is -1.49. The highest BCUT2D eigenvalue weighted by molar-refractivity contribution is 5.91. The molecule has 0 spiro atoms. The minimum atomic E-state index is -0.742. The van der Waals surface area contributed by atoms with Crippen molar-refractivity contribution in [3.05, 3.63) is 29.3 Å². The lowest BCUT2D eigenvalue weighted by atomic mass is 9.79. The van der Waals surface area contributed by atoms with Gasteiger partial charge in [0.2, 0.25) is 5.91 Å². The van der Waals surface area contributed by atoms with Crippen LogP contribution in [0.4, 0.5) is 14.5 Å². The van der Waals surface area contributed by atoms with Gasteiger partial charge in [-0.15, -0.1) is 0 Å². The third-order valence-electron chi connectivity index (χ3n) is 4.39. The summed E-state index contributed by atoms with van der Waals surface area (Å²) in [5.74, 6) is -1.80. The molecule has 1 aromatic rings. The Kier molecular flexibility index (Phi) is 4.93. The van der Waals surface area contributed by atoms with Gasteiger partial charge in [0.1, 0.15) is 11.5 Å². The number of nitrogens with one attached hydrogen (secondary N) is 2. The van der Waals surface area contributed by atoms with Crippen LogP contribution in [-0.4, -0.2) is 18.5 Å². The van der Waals surface area contributed by atoms with Gasteiger partial charge in [-0.3, -0.25) is 4.79 Å². The molecule has 1 aliphatic rings. The molecule has 0 radical (unpaired) electrons. The molecule has 5 heteroatoms. The summed E-state index contributed by atoms with van der Waals surface area (Å²) >= 11 is 0. The second kappa shape index (κ2) is 6.52. The first-order valence-electron chi connectivity index (χ1n) is 7.41. The average molecular weight is 296 g/mol. The van der Waals surface area contributed by atoms with Crippen LogP contribution in [0.25, 0.3) is 0 Å². The van der Waals surface area contributed by atoms with Crippen molar-refractivity contribution in [1.82, 2.24) is 5.32 Å². The van der Waals surface area contributed by atoms with Gasteiger partial charge in [0, 0.05) is 12.0 Å². The molecule has 1 amide bonds. The molecule has 1 aromatic carbocycles. The Morgan fingerprint density at radius 3 is 2.52 bits per heavy atom. The number of hydrogen-bond donors (Lipinski definition) is 2. The van der Waals surface area contributed by atoms with Crippen molar-refractivity contribution in [3.8, 4) is 0 Å². The fraction of sp³-hybridized carbons (Fsp3) is 0.562. The summed E-state index contributed by atoms with van der Waals surface area (Å²) in [6.07, 6.45) is 5.37. The highest BCUT2D eigenvalue weighted by Gasteiger charge is 2.33. The second-order valence-corrected chi connectivity index (χ2v) is 5.87. The number of carbonyl (C=O) groups excluding carboxylic acids is 1. The van der Waals surface area contributed by atoms with E-state index in [0.717, 1.165) is 25.7 Å². The van der Waals surface area contributed by atoms with Crippen LogP contribution in [0.15, 0.2) is 12.1 Å². The maximum Gasteiger partial charge on any atom is 0.226 e. The predicted molar refractivity (Wildman–Crippen MR) is 79.2 cm³/mol. The topological polar surface area (TPSA) is 41.1 Å². The van der Waals surface area contributed by atoms with E-state index in [4.69, 9.17) is 0 Å². The van der Waals surface area contributed by atoms with E-state index in [9.17, 15) is 13.6 Å². The van der Waals surface area contributed by atoms with Gasteiger partial charge in [-0.05, 0) is 38.4 Å². The van der Waals surface area contributed by atoms with Crippen molar-refractivity contribution in [2.45, 2.75) is 51.0 Å². The monoisotopic (exact) mass is 296 g/mol. The van der Waals surface area contributed by atoms with E-state index in [1.165, 1.54) is 18.6 Å². The minimum absolute atomic E-state index is 0.232. The number of anilines is 1. The Morgan fingerprint density at radius 2 is 1.90 bits per heavy atom. The maximum absolute atomic E-state index is 13.9. The van der Waals surface area contributed by atoms with E-state index in [0.29, 0.717) is 5.56 Å². The van der Waals surface area contributed by atoms with Gasteiger partial charge >= 0.3 is 0 Å². The normalized spacial score (nSPS) is 17.5. The molecule has 2 N–H and O–H groups in total. The summed E-state index contributed by atoms with van der Waals surface area (Å²) in [7, 11) is 1.84. The van der Waals surface area contributed by atoms with Crippen molar-refractivity contribution < 1.29 is 13.6 Å². The number of hydrogen-bond acceptors (Lipinski definition) is 2. The molecule has 0 heterocycles. The minimum Gasteiger partial charge on any atom is -0.321 e. The molecule has 1 fully saturated rings. The van der Waals surface area contributed by atoms with Gasteiger partial charge in [0.05, 0.1) is 0 Å². The zero-order valence-electron chi connectivity index (χ0n) is 12.6. The van der Waals surface area contributed by atoms with Crippen LogP contribution in [-0.2, 0) is 4.79 Å². The Labute approximate surface area is 124 Å². The van der Waals surface area contributed by atoms with Crippen LogP contribution >= 0.6 is 0 Å². The fourth-order valence-corrected chi connectivity index (χ4v) is 3.01. The molecule has 0 aliphatic heterocycles. The highest BCUT2D eigenvalue weighted by Crippen LogP contribution is 2.31. The Balaban J connectivity index is 2.10. The first-order valence-corrected chi connectivity index (χ1v) is 7.41. The van der Waals surface area contributed by atoms with Crippen LogP contribution in [0.1, 0.15) is 44.1 Å². The van der Waals surface area contributed by atoms with E-state index in [1.54, 1.807) is 6.92 Å². The summed E-state index contributed by atoms with van der Waals surface area (Å²) in [4.78, 5) is 12.2. The van der Waals surface area contributed by atoms with Gasteiger partial charge in [-0.2, -0.15) is 0 Å². The summed E-state index contributed by atoms with van der Waals surface area (Å²) in [6.45, 7) is 1.54. The molecule has 0 bridgehead atoms. The molecular formula is C16H22F2N2O. The molecule has 1 saturated carbocycles. The SMILES string of the molecule is CNC1(CC(=O)Nc2c(F)ccc(C)c2F)CCCCC1. The number of amides is 1. The molecule has 2 rings (SSSR count). The third-order valence-corrected chi connectivity index (χ3v) is 4.39. The quantitative estimate of drug-likeness (QED) is 0.892. The summed E-state index contributed by atoms with van der Waals surface area (Å²) in [5.41, 5.74) is -0.284. The molecule has 3 nitrogen and oxygen atoms in total. The smallest absolute Gasteiger partial charge is 0.226 e. The lowest BCUT2D eigenvalue weighted by Gasteiger charge is -2.36. The lowest BCUT2D eigenvalue weighted by molar-refractivity contribution is -0.118. The molecule has 0 unspecified atom stereocenters. The molecule has 21 heavy (non-hydrogen) atoms. The van der Waals surface area contributed by atoms with E-state index in [1.807, 2.05) is 7.05 Å². The number of halogens is 2. The summed E-state index contributed by atoms with van der Waals surface area (Å²) in [6, 6.07) is 2.53. The molecule has 0 atom stereocenters. The highest BCUT2D eigenvalue weighted by atomic mass is 19.1. The lowest BCUT2D eigenvalue weighted by Crippen LogP contribution is -2.47. The summed E-state index contributed by atoms with van der Waals surface area (Å²) in [5, 5.41) is 5.62. The van der Waals surface area contributed by atoms with Crippen LogP contribution in [0, 0.1) is 18.6 Å².